The number of methoxy groups -OCH3 is 2. The number of rotatable bonds is 9. The second-order valence-corrected chi connectivity index (χ2v) is 11.4. The maximum absolute atomic E-state index is 12.5. The van der Waals surface area contributed by atoms with Crippen molar-refractivity contribution in [2.75, 3.05) is 53.5 Å². The predicted octanol–water partition coefficient (Wildman–Crippen LogP) is 5.27. The predicted molar refractivity (Wildman–Crippen MR) is 178 cm³/mol. The zero-order valence-corrected chi connectivity index (χ0v) is 27.6. The fraction of sp³-hybridized carbons (Fsp3) is 0.250. The summed E-state index contributed by atoms with van der Waals surface area (Å²) in [5.41, 5.74) is 9.46. The fourth-order valence-electron chi connectivity index (χ4n) is 3.96. The van der Waals surface area contributed by atoms with Crippen LogP contribution in [-0.4, -0.2) is 81.1 Å². The van der Waals surface area contributed by atoms with Crippen molar-refractivity contribution < 1.29 is 33.8 Å². The third kappa shape index (κ3) is 11.5. The highest BCUT2D eigenvalue weighted by Crippen LogP contribution is 2.23. The van der Waals surface area contributed by atoms with E-state index in [1.54, 1.807) is 78.9 Å². The molecule has 0 saturated heterocycles. The number of benzene rings is 2. The van der Waals surface area contributed by atoms with Gasteiger partial charge in [0.2, 0.25) is 5.91 Å². The summed E-state index contributed by atoms with van der Waals surface area (Å²) < 4.78 is 9.14. The summed E-state index contributed by atoms with van der Waals surface area (Å²) in [5.74, 6) is -1.67. The molecule has 1 amide bonds. The molecule has 0 fully saturated rings. The van der Waals surface area contributed by atoms with E-state index in [0.717, 1.165) is 11.1 Å². The van der Waals surface area contributed by atoms with Crippen molar-refractivity contribution >= 4 is 57.9 Å². The number of nitrogens with two attached hydrogens (primary N) is 1. The summed E-state index contributed by atoms with van der Waals surface area (Å²) in [5, 5.41) is 19.4. The van der Waals surface area contributed by atoms with Crippen LogP contribution in [0.5, 0.6) is 0 Å². The van der Waals surface area contributed by atoms with Crippen LogP contribution in [0, 0.1) is 0 Å². The van der Waals surface area contributed by atoms with Crippen molar-refractivity contribution in [3.05, 3.63) is 104 Å². The lowest BCUT2D eigenvalue weighted by Gasteiger charge is -2.22. The van der Waals surface area contributed by atoms with Crippen molar-refractivity contribution in [1.82, 2.24) is 9.80 Å². The highest BCUT2D eigenvalue weighted by molar-refractivity contribution is 7.08. The summed E-state index contributed by atoms with van der Waals surface area (Å²) in [4.78, 5) is 49.1. The standard InChI is InChI=1S/C16H18N2O3S.C8H11NO2S.C8H9NO2/c1-18(2)14(12-8-9-22-10-12)15(19)17-13-6-4-11(5-7-13)16(20)21-3;1-9(2)7(8(10)11)6-3-4-12-5-6;1-11-8(10)6-2-4-7(9)5-3-6/h4-10,14H,1-3H3,(H,17,19);3-5,7H,1-2H3,(H,10,11);2-5H,9H2,1H3. The van der Waals surface area contributed by atoms with Gasteiger partial charge in [-0.1, -0.05) is 0 Å². The average Bonchev–Trinajstić information content (AvgIpc) is 3.73. The Labute approximate surface area is 270 Å². The molecule has 2 unspecified atom stereocenters. The van der Waals surface area contributed by atoms with Crippen LogP contribution in [0.2, 0.25) is 0 Å². The lowest BCUT2D eigenvalue weighted by molar-refractivity contribution is -0.142. The third-order valence-electron chi connectivity index (χ3n) is 6.14. The number of carbonyl (C=O) groups excluding carboxylic acids is 3. The number of carboxylic acids is 1. The van der Waals surface area contributed by atoms with Gasteiger partial charge in [-0.05, 0) is 122 Å². The van der Waals surface area contributed by atoms with E-state index in [1.165, 1.54) is 25.6 Å². The molecule has 0 spiro atoms. The first-order chi connectivity index (χ1) is 21.4. The Morgan fingerprint density at radius 2 is 1.13 bits per heavy atom. The monoisotopic (exact) mass is 654 g/mol. The van der Waals surface area contributed by atoms with Crippen LogP contribution in [0.25, 0.3) is 0 Å². The zero-order valence-electron chi connectivity index (χ0n) is 25.9. The molecule has 0 radical (unpaired) electrons. The van der Waals surface area contributed by atoms with Crippen LogP contribution < -0.4 is 11.1 Å². The van der Waals surface area contributed by atoms with Crippen LogP contribution in [0.4, 0.5) is 11.4 Å². The number of amides is 1. The van der Waals surface area contributed by atoms with E-state index in [2.05, 4.69) is 14.8 Å². The van der Waals surface area contributed by atoms with Gasteiger partial charge in [0.25, 0.3) is 0 Å². The molecule has 45 heavy (non-hydrogen) atoms. The summed E-state index contributed by atoms with van der Waals surface area (Å²) in [6.45, 7) is 0. The number of nitrogen functional groups attached to an aromatic ring is 1. The number of thiophene rings is 2. The smallest absolute Gasteiger partial charge is 0.337 e. The molecule has 4 aromatic rings. The van der Waals surface area contributed by atoms with Gasteiger partial charge in [-0.25, -0.2) is 9.59 Å². The van der Waals surface area contributed by atoms with Gasteiger partial charge in [0.15, 0.2) is 0 Å². The molecule has 2 aromatic carbocycles. The van der Waals surface area contributed by atoms with Crippen molar-refractivity contribution in [1.29, 1.82) is 0 Å². The molecule has 2 aromatic heterocycles. The van der Waals surface area contributed by atoms with Gasteiger partial charge in [0, 0.05) is 11.4 Å². The lowest BCUT2D eigenvalue weighted by atomic mass is 10.1. The number of aliphatic carboxylic acids is 1. The molecule has 0 aliphatic rings. The quantitative estimate of drug-likeness (QED) is 0.161. The fourth-order valence-corrected chi connectivity index (χ4v) is 5.32. The summed E-state index contributed by atoms with van der Waals surface area (Å²) in [6, 6.07) is 16.1. The first kappa shape index (κ1) is 36.6. The molecular weight excluding hydrogens is 617 g/mol. The maximum atomic E-state index is 12.5. The topological polar surface area (TPSA) is 152 Å². The van der Waals surface area contributed by atoms with E-state index in [1.807, 2.05) is 52.6 Å². The van der Waals surface area contributed by atoms with E-state index in [4.69, 9.17) is 10.8 Å². The Balaban J connectivity index is 0.000000259. The minimum absolute atomic E-state index is 0.116. The Hall–Kier alpha value is -4.56. The summed E-state index contributed by atoms with van der Waals surface area (Å²) in [6.07, 6.45) is 0. The Morgan fingerprint density at radius 3 is 1.49 bits per heavy atom. The highest BCUT2D eigenvalue weighted by atomic mass is 32.1. The Bertz CT molecular complexity index is 1490. The van der Waals surface area contributed by atoms with E-state index < -0.39 is 18.0 Å². The molecule has 2 heterocycles. The number of esters is 2. The summed E-state index contributed by atoms with van der Waals surface area (Å²) in [7, 11) is 9.93. The van der Waals surface area contributed by atoms with Gasteiger partial charge in [0.1, 0.15) is 12.1 Å². The van der Waals surface area contributed by atoms with Crippen LogP contribution in [0.3, 0.4) is 0 Å². The number of anilines is 2. The van der Waals surface area contributed by atoms with Crippen LogP contribution >= 0.6 is 22.7 Å². The molecule has 2 atom stereocenters. The van der Waals surface area contributed by atoms with E-state index >= 15 is 0 Å². The Kier molecular flexibility index (Phi) is 14.9. The van der Waals surface area contributed by atoms with Crippen molar-refractivity contribution in [3.63, 3.8) is 0 Å². The van der Waals surface area contributed by atoms with E-state index in [0.29, 0.717) is 22.5 Å². The molecule has 0 aliphatic carbocycles. The third-order valence-corrected chi connectivity index (χ3v) is 7.54. The second kappa shape index (κ2) is 18.3. The molecule has 0 bridgehead atoms. The van der Waals surface area contributed by atoms with E-state index in [-0.39, 0.29) is 17.9 Å². The molecule has 0 saturated carbocycles. The number of ether oxygens (including phenoxy) is 2. The number of nitrogens with zero attached hydrogens (tertiary/aromatic N) is 2. The first-order valence-corrected chi connectivity index (χ1v) is 15.3. The van der Waals surface area contributed by atoms with Crippen molar-refractivity contribution in [2.45, 2.75) is 12.1 Å². The second-order valence-electron chi connectivity index (χ2n) is 9.86. The van der Waals surface area contributed by atoms with Gasteiger partial charge in [-0.3, -0.25) is 19.4 Å². The number of likely N-dealkylation sites (N-methyl/N-ethyl adjacent to an activating group) is 2. The maximum Gasteiger partial charge on any atom is 0.337 e. The minimum Gasteiger partial charge on any atom is -0.480 e. The summed E-state index contributed by atoms with van der Waals surface area (Å²) >= 11 is 3.07. The van der Waals surface area contributed by atoms with Gasteiger partial charge in [-0.15, -0.1) is 0 Å². The molecular formula is C32H38N4O7S2. The number of nitrogens with one attached hydrogen (secondary N) is 1. The molecule has 13 heteroatoms. The van der Waals surface area contributed by atoms with E-state index in [9.17, 15) is 19.2 Å². The van der Waals surface area contributed by atoms with Crippen LogP contribution in [-0.2, 0) is 19.1 Å². The number of hydrogen-bond acceptors (Lipinski definition) is 11. The molecule has 4 rings (SSSR count). The molecule has 0 aliphatic heterocycles. The normalized spacial score (nSPS) is 11.6. The zero-order chi connectivity index (χ0) is 33.5. The number of hydrogen-bond donors (Lipinski definition) is 3. The van der Waals surface area contributed by atoms with Gasteiger partial charge in [-0.2, -0.15) is 22.7 Å². The largest absolute Gasteiger partial charge is 0.480 e. The molecule has 4 N–H and O–H groups in total. The number of carboxylic acid groups (broad SMARTS) is 1. The molecule has 11 nitrogen and oxygen atoms in total. The van der Waals surface area contributed by atoms with Gasteiger partial charge in [0.05, 0.1) is 25.3 Å². The minimum atomic E-state index is -0.807. The lowest BCUT2D eigenvalue weighted by Crippen LogP contribution is -2.31. The van der Waals surface area contributed by atoms with Gasteiger partial charge >= 0.3 is 17.9 Å². The van der Waals surface area contributed by atoms with Crippen molar-refractivity contribution in [3.8, 4) is 0 Å². The number of carbonyl (C=O) groups is 4. The van der Waals surface area contributed by atoms with Crippen molar-refractivity contribution in [2.24, 2.45) is 0 Å². The molecule has 240 valence electrons. The first-order valence-electron chi connectivity index (χ1n) is 13.4. The Morgan fingerprint density at radius 1 is 0.711 bits per heavy atom. The SMILES string of the molecule is CN(C)C(C(=O)O)c1ccsc1.COC(=O)c1ccc(N)cc1.COC(=O)c1ccc(NC(=O)C(c2ccsc2)N(C)C)cc1. The van der Waals surface area contributed by atoms with Crippen LogP contribution in [0.1, 0.15) is 43.9 Å². The van der Waals surface area contributed by atoms with Crippen LogP contribution in [0.15, 0.2) is 82.2 Å². The average molecular weight is 655 g/mol. The highest BCUT2D eigenvalue weighted by Gasteiger charge is 2.24. The van der Waals surface area contributed by atoms with Gasteiger partial charge < -0.3 is 25.6 Å².